The van der Waals surface area contributed by atoms with E-state index in [1.807, 2.05) is 35.2 Å². The largest absolute Gasteiger partial charge is 0.459 e. The Morgan fingerprint density at radius 3 is 2.68 bits per heavy atom. The molecule has 0 aliphatic carbocycles. The number of benzene rings is 1. The summed E-state index contributed by atoms with van der Waals surface area (Å²) in [7, 11) is 0. The van der Waals surface area contributed by atoms with E-state index in [1.54, 1.807) is 12.1 Å². The molecule has 0 unspecified atom stereocenters. The topological polar surface area (TPSA) is 71.3 Å². The van der Waals surface area contributed by atoms with Crippen LogP contribution in [0.25, 0.3) is 11.4 Å². The number of aromatic nitrogens is 2. The van der Waals surface area contributed by atoms with Crippen molar-refractivity contribution in [2.75, 3.05) is 18.4 Å². The average molecular weight is 354 g/mol. The minimum Gasteiger partial charge on any atom is -0.459 e. The number of hydrogen-bond donors (Lipinski definition) is 1. The van der Waals surface area contributed by atoms with Gasteiger partial charge in [0.2, 0.25) is 5.13 Å². The molecule has 1 fully saturated rings. The Kier molecular flexibility index (Phi) is 4.47. The van der Waals surface area contributed by atoms with Gasteiger partial charge < -0.3 is 14.6 Å². The lowest BCUT2D eigenvalue weighted by atomic mass is 10.1. The van der Waals surface area contributed by atoms with Crippen molar-refractivity contribution in [3.05, 3.63) is 54.5 Å². The van der Waals surface area contributed by atoms with Crippen molar-refractivity contribution in [1.29, 1.82) is 0 Å². The van der Waals surface area contributed by atoms with Gasteiger partial charge in [-0.05, 0) is 25.0 Å². The highest BCUT2D eigenvalue weighted by Crippen LogP contribution is 2.23. The average Bonchev–Trinajstić information content (AvgIpc) is 3.35. The zero-order valence-corrected chi connectivity index (χ0v) is 14.4. The minimum absolute atomic E-state index is 0.0364. The molecule has 1 aliphatic heterocycles. The predicted octanol–water partition coefficient (Wildman–Crippen LogP) is 3.51. The number of likely N-dealkylation sites (tertiary alicyclic amines) is 1. The van der Waals surface area contributed by atoms with Gasteiger partial charge in [0.1, 0.15) is 0 Å². The molecule has 1 amide bonds. The van der Waals surface area contributed by atoms with E-state index in [0.717, 1.165) is 29.4 Å². The van der Waals surface area contributed by atoms with Gasteiger partial charge in [0.05, 0.1) is 6.26 Å². The fourth-order valence-electron chi connectivity index (χ4n) is 2.94. The summed E-state index contributed by atoms with van der Waals surface area (Å²) < 4.78 is 9.61. The van der Waals surface area contributed by atoms with Crippen LogP contribution in [0.15, 0.2) is 53.1 Å². The number of amides is 1. The van der Waals surface area contributed by atoms with Crippen LogP contribution in [0.4, 0.5) is 5.13 Å². The Morgan fingerprint density at radius 2 is 1.96 bits per heavy atom. The van der Waals surface area contributed by atoms with Crippen LogP contribution in [0.3, 0.4) is 0 Å². The van der Waals surface area contributed by atoms with E-state index in [1.165, 1.54) is 17.8 Å². The third-order valence-corrected chi connectivity index (χ3v) is 4.95. The maximum atomic E-state index is 12.3. The second-order valence-electron chi connectivity index (χ2n) is 5.98. The molecule has 1 N–H and O–H groups in total. The first-order chi connectivity index (χ1) is 12.3. The SMILES string of the molecule is O=C(c1ccco1)N1CCC(Nc2nc(-c3ccccc3)ns2)CC1. The monoisotopic (exact) mass is 354 g/mol. The molecule has 2 aromatic heterocycles. The maximum Gasteiger partial charge on any atom is 0.289 e. The lowest BCUT2D eigenvalue weighted by Crippen LogP contribution is -2.42. The van der Waals surface area contributed by atoms with Crippen LogP contribution in [-0.2, 0) is 0 Å². The van der Waals surface area contributed by atoms with Gasteiger partial charge in [-0.3, -0.25) is 4.79 Å². The molecule has 128 valence electrons. The molecule has 0 radical (unpaired) electrons. The summed E-state index contributed by atoms with van der Waals surface area (Å²) in [5.41, 5.74) is 1.02. The molecule has 0 saturated carbocycles. The third kappa shape index (κ3) is 3.56. The van der Waals surface area contributed by atoms with Crippen molar-refractivity contribution >= 4 is 22.6 Å². The second-order valence-corrected chi connectivity index (χ2v) is 6.73. The first-order valence-electron chi connectivity index (χ1n) is 8.28. The summed E-state index contributed by atoms with van der Waals surface area (Å²) in [5.74, 6) is 1.12. The minimum atomic E-state index is -0.0364. The van der Waals surface area contributed by atoms with Crippen LogP contribution in [-0.4, -0.2) is 39.3 Å². The van der Waals surface area contributed by atoms with Crippen molar-refractivity contribution in [1.82, 2.24) is 14.3 Å². The molecule has 1 saturated heterocycles. The molecule has 7 heteroatoms. The molecule has 4 rings (SSSR count). The van der Waals surface area contributed by atoms with Crippen molar-refractivity contribution in [3.63, 3.8) is 0 Å². The van der Waals surface area contributed by atoms with Crippen LogP contribution in [0.1, 0.15) is 23.4 Å². The van der Waals surface area contributed by atoms with E-state index in [2.05, 4.69) is 14.7 Å². The summed E-state index contributed by atoms with van der Waals surface area (Å²) >= 11 is 1.38. The summed E-state index contributed by atoms with van der Waals surface area (Å²) in [6.45, 7) is 1.42. The van der Waals surface area contributed by atoms with E-state index in [0.29, 0.717) is 24.9 Å². The lowest BCUT2D eigenvalue weighted by molar-refractivity contribution is 0.0686. The number of rotatable bonds is 4. The Hall–Kier alpha value is -2.67. The molecule has 0 spiro atoms. The Bertz CT molecular complexity index is 824. The molecule has 3 aromatic rings. The Labute approximate surface area is 149 Å². The number of anilines is 1. The van der Waals surface area contributed by atoms with E-state index in [4.69, 9.17) is 4.42 Å². The zero-order valence-electron chi connectivity index (χ0n) is 13.6. The highest BCUT2D eigenvalue weighted by Gasteiger charge is 2.25. The Morgan fingerprint density at radius 1 is 1.16 bits per heavy atom. The van der Waals surface area contributed by atoms with Crippen molar-refractivity contribution in [2.24, 2.45) is 0 Å². The van der Waals surface area contributed by atoms with Gasteiger partial charge in [-0.1, -0.05) is 30.3 Å². The van der Waals surface area contributed by atoms with Gasteiger partial charge in [0.15, 0.2) is 11.6 Å². The van der Waals surface area contributed by atoms with Gasteiger partial charge in [-0.15, -0.1) is 0 Å². The molecular weight excluding hydrogens is 336 g/mol. The highest BCUT2D eigenvalue weighted by molar-refractivity contribution is 7.09. The molecular formula is C18H18N4O2S. The van der Waals surface area contributed by atoms with Crippen molar-refractivity contribution in [2.45, 2.75) is 18.9 Å². The number of hydrogen-bond acceptors (Lipinski definition) is 6. The van der Waals surface area contributed by atoms with E-state index in [-0.39, 0.29) is 5.91 Å². The molecule has 3 heterocycles. The van der Waals surface area contributed by atoms with Gasteiger partial charge in [-0.25, -0.2) is 0 Å². The summed E-state index contributed by atoms with van der Waals surface area (Å²) in [5, 5.41) is 4.28. The first-order valence-corrected chi connectivity index (χ1v) is 9.05. The van der Waals surface area contributed by atoms with Crippen LogP contribution < -0.4 is 5.32 Å². The Balaban J connectivity index is 1.33. The second kappa shape index (κ2) is 7.06. The number of nitrogens with one attached hydrogen (secondary N) is 1. The molecule has 6 nitrogen and oxygen atoms in total. The summed E-state index contributed by atoms with van der Waals surface area (Å²) in [6, 6.07) is 13.7. The summed E-state index contributed by atoms with van der Waals surface area (Å²) in [4.78, 5) is 18.7. The predicted molar refractivity (Wildman–Crippen MR) is 96.6 cm³/mol. The molecule has 1 aliphatic rings. The fourth-order valence-corrected chi connectivity index (χ4v) is 3.61. The molecule has 0 atom stereocenters. The fraction of sp³-hybridized carbons (Fsp3) is 0.278. The van der Waals surface area contributed by atoms with E-state index < -0.39 is 0 Å². The number of carbonyl (C=O) groups excluding carboxylic acids is 1. The van der Waals surface area contributed by atoms with Gasteiger partial charge in [0.25, 0.3) is 5.91 Å². The lowest BCUT2D eigenvalue weighted by Gasteiger charge is -2.31. The smallest absolute Gasteiger partial charge is 0.289 e. The number of piperidine rings is 1. The molecule has 1 aromatic carbocycles. The maximum absolute atomic E-state index is 12.3. The zero-order chi connectivity index (χ0) is 17.1. The van der Waals surface area contributed by atoms with Crippen LogP contribution in [0.2, 0.25) is 0 Å². The standard InChI is InChI=1S/C18H18N4O2S/c23-17(15-7-4-12-24-15)22-10-8-14(9-11-22)19-18-20-16(21-25-18)13-5-2-1-3-6-13/h1-7,12,14H,8-11H2,(H,19,20,21). The van der Waals surface area contributed by atoms with Gasteiger partial charge in [-0.2, -0.15) is 9.36 Å². The van der Waals surface area contributed by atoms with Gasteiger partial charge >= 0.3 is 0 Å². The van der Waals surface area contributed by atoms with Crippen molar-refractivity contribution < 1.29 is 9.21 Å². The van der Waals surface area contributed by atoms with Crippen LogP contribution in [0.5, 0.6) is 0 Å². The van der Waals surface area contributed by atoms with Crippen LogP contribution in [0, 0.1) is 0 Å². The third-order valence-electron chi connectivity index (χ3n) is 4.30. The van der Waals surface area contributed by atoms with Crippen LogP contribution >= 0.6 is 11.5 Å². The van der Waals surface area contributed by atoms with Crippen molar-refractivity contribution in [3.8, 4) is 11.4 Å². The van der Waals surface area contributed by atoms with Gasteiger partial charge in [0, 0.05) is 36.2 Å². The quantitative estimate of drug-likeness (QED) is 0.776. The normalized spacial score (nSPS) is 15.3. The van der Waals surface area contributed by atoms with E-state index >= 15 is 0 Å². The number of furan rings is 1. The highest BCUT2D eigenvalue weighted by atomic mass is 32.1. The number of nitrogens with zero attached hydrogens (tertiary/aromatic N) is 3. The molecule has 25 heavy (non-hydrogen) atoms. The molecule has 0 bridgehead atoms. The van der Waals surface area contributed by atoms with E-state index in [9.17, 15) is 4.79 Å². The first kappa shape index (κ1) is 15.8. The summed E-state index contributed by atoms with van der Waals surface area (Å²) in [6.07, 6.45) is 3.29. The number of carbonyl (C=O) groups is 1.